The number of hydrogen-bond donors (Lipinski definition) is 14. The summed E-state index contributed by atoms with van der Waals surface area (Å²) in [5.41, 5.74) is 15.9. The zero-order valence-corrected chi connectivity index (χ0v) is 35.9. The van der Waals surface area contributed by atoms with Gasteiger partial charge in [0.1, 0.15) is 30.2 Å². The number of carbonyl (C=O) groups excluding carboxylic acids is 7. The highest BCUT2D eigenvalue weighted by atomic mass is 16.3. The van der Waals surface area contributed by atoms with Crippen molar-refractivity contribution in [2.45, 2.75) is 142 Å². The predicted molar refractivity (Wildman–Crippen MR) is 221 cm³/mol. The molecule has 0 saturated carbocycles. The third kappa shape index (κ3) is 30.0. The molecular weight excluding hydrogens is 792 g/mol. The van der Waals surface area contributed by atoms with E-state index in [4.69, 9.17) is 37.3 Å². The van der Waals surface area contributed by atoms with Crippen LogP contribution < -0.4 is 49.1 Å². The van der Waals surface area contributed by atoms with Crippen LogP contribution in [0.15, 0.2) is 4.99 Å². The van der Waals surface area contributed by atoms with Gasteiger partial charge in [0, 0.05) is 25.4 Å². The molecule has 0 spiro atoms. The Hall–Kier alpha value is -5.13. The van der Waals surface area contributed by atoms with Crippen LogP contribution in [-0.2, 0) is 38.4 Å². The van der Waals surface area contributed by atoms with Crippen LogP contribution in [-0.4, -0.2) is 148 Å². The standard InChI is InChI=1S/C30H57N9O8.C6H13NO3.CH2O2/c1-7-9-19(27(45)39-24(18(6)41)29(47)38-22(15-40)25(31)43)36-26(44)20(10-8-13-34-30(32)33)37-28(46)21(14-17(4)5)35-23(42)12-11-16(2)3;1-5(4-9)7-6(10)2-3-8;2-1-3/h16-22,24,40-41H,7-15H2,1-6H3,(H2,31,43)(H,35,42)(H,36,44)(H,37,46)(H,38,47)(H,39,45)(H4,32,33,34);5,8-9H,2-4H2,1H3,(H,7,10);1H,(H,2,3)/t18?,19?,20?,21?,22-,24+;;/m1../s1. The van der Waals surface area contributed by atoms with E-state index in [2.05, 4.69) is 36.9 Å². The number of aliphatic hydroxyl groups is 4. The first-order valence-electron chi connectivity index (χ1n) is 19.8. The Bertz CT molecular complexity index is 1330. The molecule has 0 aliphatic rings. The number of rotatable bonds is 27. The van der Waals surface area contributed by atoms with Crippen molar-refractivity contribution in [3.05, 3.63) is 0 Å². The Morgan fingerprint density at radius 3 is 1.57 bits per heavy atom. The second kappa shape index (κ2) is 34.7. The molecule has 348 valence electrons. The molecule has 60 heavy (non-hydrogen) atoms. The van der Waals surface area contributed by atoms with Crippen molar-refractivity contribution in [1.29, 1.82) is 0 Å². The number of guanidine groups is 1. The topological polar surface area (TPSA) is 400 Å². The van der Waals surface area contributed by atoms with Gasteiger partial charge in [-0.05, 0) is 57.8 Å². The molecule has 23 heteroatoms. The molecule has 0 radical (unpaired) electrons. The number of hydrogen-bond acceptors (Lipinski definition) is 13. The van der Waals surface area contributed by atoms with Gasteiger partial charge in [0.05, 0.1) is 25.9 Å². The van der Waals surface area contributed by atoms with E-state index in [-0.39, 0.29) is 88.1 Å². The molecule has 7 amide bonds. The SMILES string of the molecule is CC(CO)NC(=O)CCO.CCCC(NC(=O)C(CCCN=C(N)N)NC(=O)C(CC(C)C)NC(=O)CCC(C)C)C(=O)N[C@H](C(=O)N[C@H](CO)C(N)=O)C(C)O.O=CO. The molecule has 17 N–H and O–H groups in total. The van der Waals surface area contributed by atoms with E-state index < -0.39 is 72.5 Å². The van der Waals surface area contributed by atoms with E-state index in [1.54, 1.807) is 13.8 Å². The average molecular weight is 865 g/mol. The smallest absolute Gasteiger partial charge is 0.290 e. The van der Waals surface area contributed by atoms with E-state index in [0.717, 1.165) is 0 Å². The minimum atomic E-state index is -1.56. The second-order valence-corrected chi connectivity index (χ2v) is 14.6. The molecule has 0 aromatic rings. The van der Waals surface area contributed by atoms with Gasteiger partial charge in [-0.2, -0.15) is 0 Å². The van der Waals surface area contributed by atoms with Crippen molar-refractivity contribution in [2.75, 3.05) is 26.4 Å². The van der Waals surface area contributed by atoms with Gasteiger partial charge in [-0.25, -0.2) is 0 Å². The molecule has 0 aromatic carbocycles. The minimum absolute atomic E-state index is 0.0395. The van der Waals surface area contributed by atoms with Gasteiger partial charge < -0.3 is 74.6 Å². The number of carboxylic acid groups (broad SMARTS) is 1. The van der Waals surface area contributed by atoms with Crippen LogP contribution >= 0.6 is 0 Å². The highest BCUT2D eigenvalue weighted by Gasteiger charge is 2.33. The number of carbonyl (C=O) groups is 8. The largest absolute Gasteiger partial charge is 0.483 e. The quantitative estimate of drug-likeness (QED) is 0.0163. The van der Waals surface area contributed by atoms with Gasteiger partial charge in [0.15, 0.2) is 5.96 Å². The summed E-state index contributed by atoms with van der Waals surface area (Å²) in [5.74, 6) is -4.44. The molecule has 5 unspecified atom stereocenters. The van der Waals surface area contributed by atoms with Gasteiger partial charge in [0.25, 0.3) is 6.47 Å². The van der Waals surface area contributed by atoms with Crippen LogP contribution in [0.4, 0.5) is 0 Å². The van der Waals surface area contributed by atoms with E-state index >= 15 is 0 Å². The zero-order valence-electron chi connectivity index (χ0n) is 35.9. The number of primary amides is 1. The van der Waals surface area contributed by atoms with Crippen molar-refractivity contribution in [3.63, 3.8) is 0 Å². The van der Waals surface area contributed by atoms with E-state index in [0.29, 0.717) is 25.2 Å². The number of amides is 7. The third-order valence-electron chi connectivity index (χ3n) is 8.02. The lowest BCUT2D eigenvalue weighted by Gasteiger charge is -2.28. The molecule has 7 atom stereocenters. The fourth-order valence-corrected chi connectivity index (χ4v) is 4.89. The van der Waals surface area contributed by atoms with Gasteiger partial charge in [-0.15, -0.1) is 0 Å². The van der Waals surface area contributed by atoms with E-state index in [1.807, 2.05) is 27.7 Å². The first-order chi connectivity index (χ1) is 28.0. The summed E-state index contributed by atoms with van der Waals surface area (Å²) in [5, 5.41) is 58.3. The molecule has 0 aliphatic heterocycles. The Morgan fingerprint density at radius 2 is 1.13 bits per heavy atom. The molecular formula is C37H72N10O13. The van der Waals surface area contributed by atoms with Crippen LogP contribution in [0.5, 0.6) is 0 Å². The lowest BCUT2D eigenvalue weighted by molar-refractivity contribution is -0.136. The number of nitrogens with one attached hydrogen (secondary N) is 6. The summed E-state index contributed by atoms with van der Waals surface area (Å²) in [6, 6.07) is -6.48. The first-order valence-corrected chi connectivity index (χ1v) is 19.8. The molecule has 0 aromatic heterocycles. The maximum Gasteiger partial charge on any atom is 0.290 e. The van der Waals surface area contributed by atoms with Crippen LogP contribution in [0.3, 0.4) is 0 Å². The van der Waals surface area contributed by atoms with Gasteiger partial charge in [0.2, 0.25) is 41.4 Å². The summed E-state index contributed by atoms with van der Waals surface area (Å²) in [6.45, 7) is 11.3. The molecule has 0 bridgehead atoms. The van der Waals surface area contributed by atoms with E-state index in [9.17, 15) is 43.8 Å². The van der Waals surface area contributed by atoms with Crippen LogP contribution in [0, 0.1) is 11.8 Å². The van der Waals surface area contributed by atoms with Crippen molar-refractivity contribution >= 4 is 53.8 Å². The van der Waals surface area contributed by atoms with Gasteiger partial charge >= 0.3 is 0 Å². The van der Waals surface area contributed by atoms with E-state index in [1.165, 1.54) is 6.92 Å². The summed E-state index contributed by atoms with van der Waals surface area (Å²) >= 11 is 0. The first kappa shape index (κ1) is 59.2. The van der Waals surface area contributed by atoms with Crippen molar-refractivity contribution in [2.24, 2.45) is 34.0 Å². The van der Waals surface area contributed by atoms with Crippen LogP contribution in [0.1, 0.15) is 99.8 Å². The maximum absolute atomic E-state index is 13.6. The Morgan fingerprint density at radius 1 is 0.633 bits per heavy atom. The summed E-state index contributed by atoms with van der Waals surface area (Å²) < 4.78 is 0. The number of nitrogens with zero attached hydrogens (tertiary/aromatic N) is 1. The van der Waals surface area contributed by atoms with Crippen molar-refractivity contribution in [1.82, 2.24) is 31.9 Å². The minimum Gasteiger partial charge on any atom is -0.483 e. The molecule has 0 heterocycles. The lowest BCUT2D eigenvalue weighted by atomic mass is 10.0. The average Bonchev–Trinajstić information content (AvgIpc) is 3.15. The molecule has 0 rings (SSSR count). The van der Waals surface area contributed by atoms with Crippen molar-refractivity contribution in [3.8, 4) is 0 Å². The summed E-state index contributed by atoms with van der Waals surface area (Å²) in [6.07, 6.45) is 0.795. The van der Waals surface area contributed by atoms with Gasteiger partial charge in [-0.3, -0.25) is 43.3 Å². The third-order valence-corrected chi connectivity index (χ3v) is 8.02. The Labute approximate surface area is 351 Å². The summed E-state index contributed by atoms with van der Waals surface area (Å²) in [4.78, 5) is 99.9. The van der Waals surface area contributed by atoms with Crippen LogP contribution in [0.2, 0.25) is 0 Å². The predicted octanol–water partition coefficient (Wildman–Crippen LogP) is -3.83. The lowest BCUT2D eigenvalue weighted by Crippen LogP contribution is -2.61. The monoisotopic (exact) mass is 865 g/mol. The fourth-order valence-electron chi connectivity index (χ4n) is 4.89. The highest BCUT2D eigenvalue weighted by Crippen LogP contribution is 2.10. The molecule has 0 aliphatic carbocycles. The molecule has 0 fully saturated rings. The summed E-state index contributed by atoms with van der Waals surface area (Å²) in [7, 11) is 0. The Balaban J connectivity index is -0.00000214. The van der Waals surface area contributed by atoms with Crippen LogP contribution in [0.25, 0.3) is 0 Å². The molecule has 23 nitrogen and oxygen atoms in total. The Kier molecular flexibility index (Phi) is 34.2. The zero-order chi connectivity index (χ0) is 47.0. The normalized spacial score (nSPS) is 14.0. The number of aliphatic imine (C=N–C) groups is 1. The maximum atomic E-state index is 13.6. The second-order valence-electron chi connectivity index (χ2n) is 14.6. The fraction of sp³-hybridized carbons (Fsp3) is 0.757. The highest BCUT2D eigenvalue weighted by molar-refractivity contribution is 5.96. The van der Waals surface area contributed by atoms with Crippen molar-refractivity contribution < 1.29 is 63.9 Å². The number of aliphatic hydroxyl groups excluding tert-OH is 4. The number of nitrogens with two attached hydrogens (primary N) is 3. The van der Waals surface area contributed by atoms with Gasteiger partial charge in [-0.1, -0.05) is 41.0 Å². The molecule has 0 saturated heterocycles.